The highest BCUT2D eigenvalue weighted by Crippen LogP contribution is 2.26. The lowest BCUT2D eigenvalue weighted by Crippen LogP contribution is -2.22. The minimum atomic E-state index is 0. The molecule has 8 heteroatoms. The molecule has 0 fully saturated rings. The van der Waals surface area contributed by atoms with Crippen molar-refractivity contribution in [1.82, 2.24) is 15.0 Å². The Kier molecular flexibility index (Phi) is 8.95. The summed E-state index contributed by atoms with van der Waals surface area (Å²) < 4.78 is 6.00. The molecule has 0 saturated carbocycles. The molecule has 0 aliphatic rings. The van der Waals surface area contributed by atoms with Crippen LogP contribution in [-0.2, 0) is 6.61 Å². The molecule has 0 unspecified atom stereocenters. The monoisotopic (exact) mass is 415 g/mol. The third kappa shape index (κ3) is 6.20. The van der Waals surface area contributed by atoms with Gasteiger partial charge in [-0.2, -0.15) is 18.5 Å². The van der Waals surface area contributed by atoms with Crippen molar-refractivity contribution in [3.63, 3.8) is 0 Å². The molecular weight excluding hydrogens is 386 g/mol. The van der Waals surface area contributed by atoms with E-state index in [2.05, 4.69) is 27.2 Å². The smallest absolute Gasteiger partial charge is 0.222 e. The Morgan fingerprint density at radius 1 is 1.17 bits per heavy atom. The number of nitrogens with two attached hydrogens (primary N) is 1. The first-order valence-corrected chi connectivity index (χ1v) is 9.66. The maximum Gasteiger partial charge on any atom is 0.222 e. The average Bonchev–Trinajstić information content (AvgIpc) is 2.71. The van der Waals surface area contributed by atoms with Crippen molar-refractivity contribution in [1.29, 1.82) is 0 Å². The van der Waals surface area contributed by atoms with Crippen LogP contribution in [0.5, 0.6) is 5.75 Å². The first-order valence-electron chi connectivity index (χ1n) is 9.66. The van der Waals surface area contributed by atoms with E-state index < -0.39 is 0 Å². The molecule has 0 aliphatic carbocycles. The average molecular weight is 416 g/mol. The molecule has 2 aromatic heterocycles. The molecule has 3 rings (SSSR count). The van der Waals surface area contributed by atoms with E-state index in [1.54, 1.807) is 12.4 Å². The molecule has 4 N–H and O–H groups in total. The Morgan fingerprint density at radius 2 is 2.00 bits per heavy atom. The molecule has 2 heterocycles. The molecule has 1 atom stereocenters. The number of aliphatic hydroxyl groups excluding tert-OH is 1. The quantitative estimate of drug-likeness (QED) is 0.464. The lowest BCUT2D eigenvalue weighted by molar-refractivity contribution is 0.275. The summed E-state index contributed by atoms with van der Waals surface area (Å²) >= 11 is 0. The molecule has 1 aromatic carbocycles. The summed E-state index contributed by atoms with van der Waals surface area (Å²) in [5.74, 6) is 1.24. The van der Waals surface area contributed by atoms with Gasteiger partial charge in [0, 0.05) is 24.2 Å². The lowest BCUT2D eigenvalue weighted by Gasteiger charge is -2.20. The zero-order valence-electron chi connectivity index (χ0n) is 16.6. The minimum absolute atomic E-state index is 0. The Balaban J connectivity index is 0.00000300. The van der Waals surface area contributed by atoms with E-state index in [1.165, 1.54) is 0 Å². The first-order chi connectivity index (χ1) is 13.7. The number of anilines is 2. The number of unbranched alkanes of at least 4 members (excludes halogenated alkanes) is 1. The Bertz CT molecular complexity index is 904. The van der Waals surface area contributed by atoms with E-state index in [0.29, 0.717) is 24.6 Å². The molecular formula is C21H29N5O2S. The van der Waals surface area contributed by atoms with Gasteiger partial charge in [-0.15, -0.1) is 0 Å². The Labute approximate surface area is 178 Å². The van der Waals surface area contributed by atoms with Gasteiger partial charge in [0.25, 0.3) is 0 Å². The maximum absolute atomic E-state index is 9.35. The van der Waals surface area contributed by atoms with Gasteiger partial charge in [-0.25, -0.2) is 4.98 Å². The summed E-state index contributed by atoms with van der Waals surface area (Å²) in [5.41, 5.74) is 6.63. The van der Waals surface area contributed by atoms with Crippen molar-refractivity contribution >= 4 is 36.0 Å². The molecule has 0 spiro atoms. The van der Waals surface area contributed by atoms with Gasteiger partial charge in [0.1, 0.15) is 6.61 Å². The number of rotatable bonds is 10. The van der Waals surface area contributed by atoms with Gasteiger partial charge in [0.05, 0.1) is 11.9 Å². The predicted octanol–water partition coefficient (Wildman–Crippen LogP) is 3.65. The van der Waals surface area contributed by atoms with E-state index >= 15 is 0 Å². The van der Waals surface area contributed by atoms with Crippen LogP contribution in [0, 0.1) is 0 Å². The predicted molar refractivity (Wildman–Crippen MR) is 122 cm³/mol. The van der Waals surface area contributed by atoms with Crippen LogP contribution < -0.4 is 15.8 Å². The van der Waals surface area contributed by atoms with Crippen LogP contribution in [0.15, 0.2) is 42.7 Å². The lowest BCUT2D eigenvalue weighted by atomic mass is 10.1. The summed E-state index contributed by atoms with van der Waals surface area (Å²) in [6, 6.07) is 10.1. The highest BCUT2D eigenvalue weighted by Gasteiger charge is 2.14. The van der Waals surface area contributed by atoms with Crippen molar-refractivity contribution in [3.05, 3.63) is 48.4 Å². The first kappa shape index (κ1) is 22.7. The van der Waals surface area contributed by atoms with Crippen LogP contribution >= 0.6 is 13.5 Å². The second-order valence-electron chi connectivity index (χ2n) is 6.70. The van der Waals surface area contributed by atoms with Crippen molar-refractivity contribution in [2.75, 3.05) is 17.7 Å². The van der Waals surface area contributed by atoms with Crippen LogP contribution in [0.4, 0.5) is 11.8 Å². The molecule has 0 aliphatic heterocycles. The SMILES string of the molecule is CCCC[C@@H](CCO)Nc1nc(N)ncc1OCc1nccc2ccccc12.S. The number of aromatic nitrogens is 3. The number of pyridine rings is 1. The maximum atomic E-state index is 9.35. The fourth-order valence-electron chi connectivity index (χ4n) is 3.13. The van der Waals surface area contributed by atoms with E-state index in [-0.39, 0.29) is 32.1 Å². The van der Waals surface area contributed by atoms with Crippen molar-refractivity contribution < 1.29 is 9.84 Å². The van der Waals surface area contributed by atoms with E-state index in [0.717, 1.165) is 35.7 Å². The van der Waals surface area contributed by atoms with Crippen molar-refractivity contribution in [2.45, 2.75) is 45.3 Å². The van der Waals surface area contributed by atoms with Gasteiger partial charge < -0.3 is 20.9 Å². The summed E-state index contributed by atoms with van der Waals surface area (Å²) in [6.07, 6.45) is 7.08. The number of hydrogen-bond donors (Lipinski definition) is 3. The zero-order chi connectivity index (χ0) is 19.8. The fourth-order valence-corrected chi connectivity index (χ4v) is 3.13. The van der Waals surface area contributed by atoms with Gasteiger partial charge in [-0.1, -0.05) is 44.0 Å². The normalized spacial score (nSPS) is 11.7. The Morgan fingerprint density at radius 3 is 2.79 bits per heavy atom. The number of hydrogen-bond acceptors (Lipinski definition) is 7. The summed E-state index contributed by atoms with van der Waals surface area (Å²) in [7, 11) is 0. The minimum Gasteiger partial charge on any atom is -0.482 e. The van der Waals surface area contributed by atoms with Gasteiger partial charge in [0.15, 0.2) is 11.6 Å². The number of fused-ring (bicyclic) bond motifs is 1. The van der Waals surface area contributed by atoms with E-state index in [9.17, 15) is 5.11 Å². The highest BCUT2D eigenvalue weighted by atomic mass is 32.1. The third-order valence-corrected chi connectivity index (χ3v) is 4.62. The fraction of sp³-hybridized carbons (Fsp3) is 0.381. The van der Waals surface area contributed by atoms with Gasteiger partial charge in [-0.05, 0) is 24.3 Å². The largest absolute Gasteiger partial charge is 0.482 e. The summed E-state index contributed by atoms with van der Waals surface area (Å²) in [4.78, 5) is 12.8. The van der Waals surface area contributed by atoms with E-state index in [1.807, 2.05) is 30.3 Å². The van der Waals surface area contributed by atoms with Crippen LogP contribution in [0.3, 0.4) is 0 Å². The van der Waals surface area contributed by atoms with Gasteiger partial charge in [-0.3, -0.25) is 4.98 Å². The molecule has 0 bridgehead atoms. The standard InChI is InChI=1S/C21H27N5O2.H2S/c1-2-3-7-16(10-12-27)25-20-19(13-24-21(22)26-20)28-14-18-17-8-5-4-6-15(17)9-11-23-18;/h4-6,8-9,11,13,16,27H,2-3,7,10,12,14H2,1H3,(H3,22,24,25,26);1H2/t16-;/m0./s1. The number of nitrogens with zero attached hydrogens (tertiary/aromatic N) is 3. The number of nitrogen functional groups attached to an aromatic ring is 1. The van der Waals surface area contributed by atoms with Gasteiger partial charge >= 0.3 is 0 Å². The number of benzene rings is 1. The van der Waals surface area contributed by atoms with Crippen LogP contribution in [-0.4, -0.2) is 32.7 Å². The third-order valence-electron chi connectivity index (χ3n) is 4.62. The second kappa shape index (κ2) is 11.4. The molecule has 0 radical (unpaired) electrons. The molecule has 7 nitrogen and oxygen atoms in total. The molecule has 29 heavy (non-hydrogen) atoms. The molecule has 0 amide bonds. The van der Waals surface area contributed by atoms with Crippen LogP contribution in [0.1, 0.15) is 38.3 Å². The van der Waals surface area contributed by atoms with Crippen molar-refractivity contribution in [2.24, 2.45) is 0 Å². The second-order valence-corrected chi connectivity index (χ2v) is 6.70. The molecule has 0 saturated heterocycles. The molecule has 156 valence electrons. The Hall–Kier alpha value is -2.58. The van der Waals surface area contributed by atoms with Gasteiger partial charge in [0.2, 0.25) is 5.95 Å². The number of ether oxygens (including phenoxy) is 1. The summed E-state index contributed by atoms with van der Waals surface area (Å²) in [5, 5.41) is 14.9. The van der Waals surface area contributed by atoms with Crippen LogP contribution in [0.2, 0.25) is 0 Å². The number of nitrogens with one attached hydrogen (secondary N) is 1. The van der Waals surface area contributed by atoms with Crippen LogP contribution in [0.25, 0.3) is 10.8 Å². The zero-order valence-corrected chi connectivity index (χ0v) is 17.6. The highest BCUT2D eigenvalue weighted by molar-refractivity contribution is 7.59. The summed E-state index contributed by atoms with van der Waals surface area (Å²) in [6.45, 7) is 2.55. The van der Waals surface area contributed by atoms with E-state index in [4.69, 9.17) is 10.5 Å². The number of aliphatic hydroxyl groups is 1. The molecule has 3 aromatic rings. The van der Waals surface area contributed by atoms with Crippen molar-refractivity contribution in [3.8, 4) is 5.75 Å². The topological polar surface area (TPSA) is 106 Å².